The lowest BCUT2D eigenvalue weighted by atomic mass is 9.58. The van der Waals surface area contributed by atoms with E-state index in [0.717, 1.165) is 37.7 Å². The average molecular weight is 392 g/mol. The van der Waals surface area contributed by atoms with E-state index in [0.29, 0.717) is 29.1 Å². The molecule has 1 saturated carbocycles. The molecule has 2 aliphatic carbocycles. The molecule has 1 amide bonds. The van der Waals surface area contributed by atoms with Gasteiger partial charge in [0, 0.05) is 5.56 Å². The molecule has 29 heavy (non-hydrogen) atoms. The summed E-state index contributed by atoms with van der Waals surface area (Å²) >= 11 is 0. The summed E-state index contributed by atoms with van der Waals surface area (Å²) in [5, 5.41) is 9.86. The summed E-state index contributed by atoms with van der Waals surface area (Å²) in [6.07, 6.45) is 6.54. The SMILES string of the molecule is C[C@@]12CCC3c4ccc(O)cc4CCC3C1CC(Cc1cccc(C(N)=O)c1)O2. The topological polar surface area (TPSA) is 72.5 Å². The lowest BCUT2D eigenvalue weighted by Gasteiger charge is -2.48. The van der Waals surface area contributed by atoms with Crippen LogP contribution in [0.2, 0.25) is 0 Å². The maximum Gasteiger partial charge on any atom is 0.248 e. The van der Waals surface area contributed by atoms with Crippen molar-refractivity contribution in [3.05, 3.63) is 64.7 Å². The number of amides is 1. The van der Waals surface area contributed by atoms with Crippen molar-refractivity contribution in [3.8, 4) is 5.75 Å². The van der Waals surface area contributed by atoms with Crippen molar-refractivity contribution in [3.63, 3.8) is 0 Å². The molecule has 2 aromatic carbocycles. The maximum atomic E-state index is 11.5. The van der Waals surface area contributed by atoms with Gasteiger partial charge in [-0.1, -0.05) is 18.2 Å². The van der Waals surface area contributed by atoms with Crippen LogP contribution in [0.15, 0.2) is 42.5 Å². The Labute approximate surface area is 172 Å². The predicted octanol–water partition coefficient (Wildman–Crippen LogP) is 4.34. The van der Waals surface area contributed by atoms with Crippen molar-refractivity contribution < 1.29 is 14.6 Å². The molecule has 4 heteroatoms. The molecule has 4 nitrogen and oxygen atoms in total. The van der Waals surface area contributed by atoms with Gasteiger partial charge >= 0.3 is 0 Å². The number of hydrogen-bond acceptors (Lipinski definition) is 3. The van der Waals surface area contributed by atoms with Gasteiger partial charge in [0.2, 0.25) is 5.91 Å². The lowest BCUT2D eigenvalue weighted by molar-refractivity contribution is -0.0816. The van der Waals surface area contributed by atoms with Crippen LogP contribution in [0, 0.1) is 11.8 Å². The zero-order chi connectivity index (χ0) is 20.2. The van der Waals surface area contributed by atoms with Gasteiger partial charge < -0.3 is 15.6 Å². The second-order valence-electron chi connectivity index (χ2n) is 9.39. The van der Waals surface area contributed by atoms with Crippen LogP contribution in [0.5, 0.6) is 5.75 Å². The van der Waals surface area contributed by atoms with Crippen LogP contribution in [0.4, 0.5) is 0 Å². The number of phenolic OH excluding ortho intramolecular Hbond substituents is 1. The van der Waals surface area contributed by atoms with Crippen molar-refractivity contribution in [2.75, 3.05) is 0 Å². The standard InChI is InChI=1S/C25H29NO3/c1-25-10-9-21-20-8-6-18(27)13-16(20)5-7-22(21)23(25)14-19(29-25)12-15-3-2-4-17(11-15)24(26)28/h2-4,6,8,11,13,19,21-23,27H,5,7,9-10,12,14H2,1H3,(H2,26,28)/t19?,21?,22?,23?,25-/m1/s1. The Morgan fingerprint density at radius 3 is 2.93 bits per heavy atom. The van der Waals surface area contributed by atoms with Gasteiger partial charge in [0.1, 0.15) is 5.75 Å². The first-order chi connectivity index (χ1) is 13.9. The fraction of sp³-hybridized carbons (Fsp3) is 0.480. The Morgan fingerprint density at radius 2 is 2.10 bits per heavy atom. The molecule has 1 aliphatic heterocycles. The Balaban J connectivity index is 1.36. The summed E-state index contributed by atoms with van der Waals surface area (Å²) in [6, 6.07) is 13.6. The largest absolute Gasteiger partial charge is 0.508 e. The predicted molar refractivity (Wildman–Crippen MR) is 112 cm³/mol. The van der Waals surface area contributed by atoms with Crippen molar-refractivity contribution in [1.29, 1.82) is 0 Å². The molecule has 0 spiro atoms. The normalized spacial score (nSPS) is 32.9. The summed E-state index contributed by atoms with van der Waals surface area (Å²) < 4.78 is 6.66. The van der Waals surface area contributed by atoms with Gasteiger partial charge in [-0.3, -0.25) is 4.79 Å². The van der Waals surface area contributed by atoms with E-state index in [1.54, 1.807) is 6.07 Å². The fourth-order valence-electron chi connectivity index (χ4n) is 6.38. The number of benzene rings is 2. The maximum absolute atomic E-state index is 11.5. The molecule has 2 aromatic rings. The number of primary amides is 1. The summed E-state index contributed by atoms with van der Waals surface area (Å²) in [7, 11) is 0. The monoisotopic (exact) mass is 391 g/mol. The minimum Gasteiger partial charge on any atom is -0.508 e. The Bertz CT molecular complexity index is 955. The Morgan fingerprint density at radius 1 is 1.24 bits per heavy atom. The molecule has 0 radical (unpaired) electrons. The molecule has 0 bridgehead atoms. The number of phenols is 1. The molecule has 1 heterocycles. The zero-order valence-corrected chi connectivity index (χ0v) is 16.9. The van der Waals surface area contributed by atoms with E-state index in [-0.39, 0.29) is 17.6 Å². The van der Waals surface area contributed by atoms with Gasteiger partial charge in [-0.15, -0.1) is 0 Å². The number of rotatable bonds is 3. The molecule has 5 rings (SSSR count). The minimum atomic E-state index is -0.380. The quantitative estimate of drug-likeness (QED) is 0.818. The summed E-state index contributed by atoms with van der Waals surface area (Å²) in [6.45, 7) is 2.31. The first-order valence-electron chi connectivity index (χ1n) is 10.8. The molecule has 3 N–H and O–H groups in total. The fourth-order valence-corrected chi connectivity index (χ4v) is 6.38. The Kier molecular flexibility index (Phi) is 4.43. The van der Waals surface area contributed by atoms with Gasteiger partial charge in [0.15, 0.2) is 0 Å². The Hall–Kier alpha value is -2.33. The van der Waals surface area contributed by atoms with E-state index in [9.17, 15) is 9.90 Å². The third kappa shape index (κ3) is 3.24. The van der Waals surface area contributed by atoms with Gasteiger partial charge in [-0.2, -0.15) is 0 Å². The van der Waals surface area contributed by atoms with Crippen LogP contribution in [0.25, 0.3) is 0 Å². The van der Waals surface area contributed by atoms with Crippen LogP contribution >= 0.6 is 0 Å². The second-order valence-corrected chi connectivity index (χ2v) is 9.39. The van der Waals surface area contributed by atoms with Crippen LogP contribution in [-0.2, 0) is 17.6 Å². The third-order valence-corrected chi connectivity index (χ3v) is 7.67. The summed E-state index contributed by atoms with van der Waals surface area (Å²) in [4.78, 5) is 11.5. The molecule has 0 aromatic heterocycles. The highest BCUT2D eigenvalue weighted by molar-refractivity contribution is 5.92. The highest BCUT2D eigenvalue weighted by Gasteiger charge is 2.54. The summed E-state index contributed by atoms with van der Waals surface area (Å²) in [5.74, 6) is 1.79. The number of carbonyl (C=O) groups excluding carboxylic acids is 1. The van der Waals surface area contributed by atoms with Crippen molar-refractivity contribution in [2.45, 2.75) is 63.1 Å². The van der Waals surface area contributed by atoms with Crippen LogP contribution < -0.4 is 5.73 Å². The molecule has 4 unspecified atom stereocenters. The lowest BCUT2D eigenvalue weighted by Crippen LogP contribution is -2.44. The first-order valence-corrected chi connectivity index (χ1v) is 10.8. The van der Waals surface area contributed by atoms with Gasteiger partial charge in [0.05, 0.1) is 11.7 Å². The van der Waals surface area contributed by atoms with Gasteiger partial charge in [-0.25, -0.2) is 0 Å². The van der Waals surface area contributed by atoms with E-state index >= 15 is 0 Å². The van der Waals surface area contributed by atoms with Crippen LogP contribution in [-0.4, -0.2) is 22.7 Å². The van der Waals surface area contributed by atoms with E-state index in [4.69, 9.17) is 10.5 Å². The highest BCUT2D eigenvalue weighted by atomic mass is 16.5. The minimum absolute atomic E-state index is 0.0540. The van der Waals surface area contributed by atoms with E-state index in [1.165, 1.54) is 17.5 Å². The number of hydrogen-bond donors (Lipinski definition) is 2. The molecule has 2 fully saturated rings. The van der Waals surface area contributed by atoms with Gasteiger partial charge in [-0.05, 0) is 104 Å². The number of aryl methyl sites for hydroxylation is 1. The van der Waals surface area contributed by atoms with Crippen LogP contribution in [0.3, 0.4) is 0 Å². The number of nitrogens with two attached hydrogens (primary N) is 1. The van der Waals surface area contributed by atoms with E-state index < -0.39 is 0 Å². The smallest absolute Gasteiger partial charge is 0.248 e. The number of carbonyl (C=O) groups is 1. The molecule has 5 atom stereocenters. The molecular formula is C25H29NO3. The van der Waals surface area contributed by atoms with Crippen molar-refractivity contribution in [2.24, 2.45) is 17.6 Å². The number of fused-ring (bicyclic) bond motifs is 5. The van der Waals surface area contributed by atoms with Crippen molar-refractivity contribution >= 4 is 5.91 Å². The highest BCUT2D eigenvalue weighted by Crippen LogP contribution is 2.57. The van der Waals surface area contributed by atoms with Gasteiger partial charge in [0.25, 0.3) is 0 Å². The number of ether oxygens (including phenoxy) is 1. The van der Waals surface area contributed by atoms with E-state index in [2.05, 4.69) is 19.1 Å². The van der Waals surface area contributed by atoms with E-state index in [1.807, 2.05) is 24.3 Å². The average Bonchev–Trinajstić information content (AvgIpc) is 3.03. The summed E-state index contributed by atoms with van der Waals surface area (Å²) in [5.41, 5.74) is 9.85. The molecule has 3 aliphatic rings. The van der Waals surface area contributed by atoms with Crippen LogP contribution in [0.1, 0.15) is 65.6 Å². The number of aromatic hydroxyl groups is 1. The molecular weight excluding hydrogens is 362 g/mol. The third-order valence-electron chi connectivity index (χ3n) is 7.67. The zero-order valence-electron chi connectivity index (χ0n) is 16.9. The molecule has 1 saturated heterocycles. The second kappa shape index (κ2) is 6.88. The van der Waals surface area contributed by atoms with Crippen molar-refractivity contribution in [1.82, 2.24) is 0 Å². The molecule has 152 valence electrons. The first kappa shape index (κ1) is 18.7.